The molecule has 2 aromatic carbocycles. The summed E-state index contributed by atoms with van der Waals surface area (Å²) >= 11 is 1.62. The number of hydrogen-bond acceptors (Lipinski definition) is 5. The Hall–Kier alpha value is -3.52. The maximum absolute atomic E-state index is 13.5. The molecule has 0 radical (unpaired) electrons. The first-order valence-electron chi connectivity index (χ1n) is 12.1. The van der Waals surface area contributed by atoms with E-state index in [1.807, 2.05) is 78.7 Å². The summed E-state index contributed by atoms with van der Waals surface area (Å²) in [6, 6.07) is 17.1. The average Bonchev–Trinajstić information content (AvgIpc) is 3.40. The van der Waals surface area contributed by atoms with Crippen LogP contribution < -0.4 is 14.8 Å². The van der Waals surface area contributed by atoms with Crippen LogP contribution in [0.3, 0.4) is 0 Å². The number of hydrogen-bond donors (Lipinski definition) is 1. The van der Waals surface area contributed by atoms with Crippen LogP contribution in [0.4, 0.5) is 10.5 Å². The molecule has 1 heterocycles. The van der Waals surface area contributed by atoms with Gasteiger partial charge in [-0.25, -0.2) is 4.79 Å². The largest absolute Gasteiger partial charge is 0.493 e. The van der Waals surface area contributed by atoms with Crippen molar-refractivity contribution in [2.75, 3.05) is 39.2 Å². The molecule has 0 aliphatic rings. The molecule has 7 nitrogen and oxygen atoms in total. The molecular weight excluding hydrogens is 474 g/mol. The molecule has 0 spiro atoms. The minimum Gasteiger partial charge on any atom is -0.493 e. The van der Waals surface area contributed by atoms with E-state index in [-0.39, 0.29) is 18.5 Å². The molecule has 3 aromatic rings. The van der Waals surface area contributed by atoms with Crippen molar-refractivity contribution in [2.24, 2.45) is 0 Å². The Bertz CT molecular complexity index is 1120. The maximum atomic E-state index is 13.5. The Balaban J connectivity index is 1.71. The third-order valence-corrected chi connectivity index (χ3v) is 6.67. The third kappa shape index (κ3) is 7.75. The number of nitrogens with one attached hydrogen (secondary N) is 1. The first-order chi connectivity index (χ1) is 17.4. The summed E-state index contributed by atoms with van der Waals surface area (Å²) in [7, 11) is 3.22. The van der Waals surface area contributed by atoms with Gasteiger partial charge in [-0.3, -0.25) is 4.79 Å². The number of carbonyl (C=O) groups excluding carboxylic acids is 2. The van der Waals surface area contributed by atoms with E-state index < -0.39 is 0 Å². The van der Waals surface area contributed by atoms with Gasteiger partial charge in [0.05, 0.1) is 20.8 Å². The normalized spacial score (nSPS) is 10.6. The van der Waals surface area contributed by atoms with E-state index in [9.17, 15) is 9.59 Å². The van der Waals surface area contributed by atoms with Crippen LogP contribution in [0.5, 0.6) is 11.5 Å². The predicted octanol–water partition coefficient (Wildman–Crippen LogP) is 5.59. The Kier molecular flexibility index (Phi) is 10.2. The summed E-state index contributed by atoms with van der Waals surface area (Å²) < 4.78 is 10.8. The standard InChI is InChI=1S/C28H35N3O4S/c1-5-15-31(28(33)29-23-11-8-21(2)9-12-23)20-27(32)30(19-24-7-6-17-36-24)16-14-22-10-13-25(34-3)26(18-22)35-4/h6-13,17-18H,5,14-16,19-20H2,1-4H3,(H,29,33). The third-order valence-electron chi connectivity index (χ3n) is 5.81. The van der Waals surface area contributed by atoms with Crippen molar-refractivity contribution in [1.82, 2.24) is 9.80 Å². The van der Waals surface area contributed by atoms with Crippen LogP contribution in [0.1, 0.15) is 29.3 Å². The number of benzene rings is 2. The molecule has 0 saturated carbocycles. The zero-order valence-electron chi connectivity index (χ0n) is 21.5. The molecule has 0 atom stereocenters. The quantitative estimate of drug-likeness (QED) is 0.346. The van der Waals surface area contributed by atoms with Crippen LogP contribution >= 0.6 is 11.3 Å². The Morgan fingerprint density at radius 2 is 1.69 bits per heavy atom. The number of methoxy groups -OCH3 is 2. The average molecular weight is 510 g/mol. The van der Waals surface area contributed by atoms with Gasteiger partial charge in [-0.05, 0) is 61.0 Å². The lowest BCUT2D eigenvalue weighted by molar-refractivity contribution is -0.132. The molecular formula is C28H35N3O4S. The second-order valence-corrected chi connectivity index (χ2v) is 9.58. The number of ether oxygens (including phenoxy) is 2. The number of nitrogens with zero attached hydrogens (tertiary/aromatic N) is 2. The molecule has 0 saturated heterocycles. The van der Waals surface area contributed by atoms with Crippen molar-refractivity contribution >= 4 is 29.0 Å². The Morgan fingerprint density at radius 1 is 0.944 bits per heavy atom. The van der Waals surface area contributed by atoms with Crippen molar-refractivity contribution < 1.29 is 19.1 Å². The van der Waals surface area contributed by atoms with Crippen molar-refractivity contribution in [1.29, 1.82) is 0 Å². The van der Waals surface area contributed by atoms with Gasteiger partial charge in [0, 0.05) is 23.7 Å². The second kappa shape index (κ2) is 13.5. The molecule has 3 amide bonds. The molecule has 8 heteroatoms. The topological polar surface area (TPSA) is 71.1 Å². The maximum Gasteiger partial charge on any atom is 0.322 e. The monoisotopic (exact) mass is 509 g/mol. The first kappa shape index (κ1) is 27.1. The fourth-order valence-electron chi connectivity index (χ4n) is 3.81. The molecule has 3 rings (SSSR count). The molecule has 192 valence electrons. The van der Waals surface area contributed by atoms with Gasteiger partial charge < -0.3 is 24.6 Å². The first-order valence-corrected chi connectivity index (χ1v) is 12.9. The summed E-state index contributed by atoms with van der Waals surface area (Å²) in [6.45, 7) is 5.53. The van der Waals surface area contributed by atoms with Crippen LogP contribution in [0.15, 0.2) is 60.0 Å². The molecule has 0 fully saturated rings. The number of urea groups is 1. The zero-order valence-corrected chi connectivity index (χ0v) is 22.3. The summed E-state index contributed by atoms with van der Waals surface area (Å²) in [6.07, 6.45) is 1.41. The lowest BCUT2D eigenvalue weighted by atomic mass is 10.1. The number of carbonyl (C=O) groups is 2. The Morgan fingerprint density at radius 3 is 2.33 bits per heavy atom. The second-order valence-electron chi connectivity index (χ2n) is 8.55. The number of aryl methyl sites for hydroxylation is 1. The SMILES string of the molecule is CCCN(CC(=O)N(CCc1ccc(OC)c(OC)c1)Cc1cccs1)C(=O)Nc1ccc(C)cc1. The molecule has 36 heavy (non-hydrogen) atoms. The summed E-state index contributed by atoms with van der Waals surface area (Å²) in [5.74, 6) is 1.24. The number of rotatable bonds is 12. The predicted molar refractivity (Wildman–Crippen MR) is 145 cm³/mol. The van der Waals surface area contributed by atoms with Crippen LogP contribution in [0, 0.1) is 6.92 Å². The minimum absolute atomic E-state index is 0.0167. The highest BCUT2D eigenvalue weighted by atomic mass is 32.1. The lowest BCUT2D eigenvalue weighted by Gasteiger charge is -2.27. The van der Waals surface area contributed by atoms with Crippen LogP contribution in [-0.4, -0.2) is 55.6 Å². The van der Waals surface area contributed by atoms with Gasteiger partial charge in [0.25, 0.3) is 0 Å². The van der Waals surface area contributed by atoms with Gasteiger partial charge in [0.1, 0.15) is 6.54 Å². The number of anilines is 1. The molecule has 0 aliphatic carbocycles. The minimum atomic E-state index is -0.273. The van der Waals surface area contributed by atoms with Gasteiger partial charge in [0.15, 0.2) is 11.5 Å². The van der Waals surface area contributed by atoms with Crippen LogP contribution in [0.2, 0.25) is 0 Å². The summed E-state index contributed by atoms with van der Waals surface area (Å²) in [4.78, 5) is 31.0. The highest BCUT2D eigenvalue weighted by Crippen LogP contribution is 2.28. The molecule has 0 bridgehead atoms. The van der Waals surface area contributed by atoms with Crippen LogP contribution in [-0.2, 0) is 17.8 Å². The van der Waals surface area contributed by atoms with Crippen molar-refractivity contribution in [2.45, 2.75) is 33.2 Å². The fraction of sp³-hybridized carbons (Fsp3) is 0.357. The molecule has 1 aromatic heterocycles. The number of amides is 3. The van der Waals surface area contributed by atoms with Gasteiger partial charge in [0.2, 0.25) is 5.91 Å². The van der Waals surface area contributed by atoms with E-state index in [1.54, 1.807) is 30.5 Å². The van der Waals surface area contributed by atoms with E-state index in [2.05, 4.69) is 5.32 Å². The van der Waals surface area contributed by atoms with E-state index in [0.717, 1.165) is 22.4 Å². The highest BCUT2D eigenvalue weighted by molar-refractivity contribution is 7.09. The van der Waals surface area contributed by atoms with E-state index >= 15 is 0 Å². The smallest absolute Gasteiger partial charge is 0.322 e. The van der Waals surface area contributed by atoms with E-state index in [0.29, 0.717) is 43.2 Å². The molecule has 0 unspecified atom stereocenters. The lowest BCUT2D eigenvalue weighted by Crippen LogP contribution is -2.45. The Labute approximate surface area is 217 Å². The van der Waals surface area contributed by atoms with Gasteiger partial charge in [-0.1, -0.05) is 36.8 Å². The summed E-state index contributed by atoms with van der Waals surface area (Å²) in [5, 5.41) is 4.92. The van der Waals surface area contributed by atoms with Crippen molar-refractivity contribution in [3.05, 3.63) is 76.0 Å². The van der Waals surface area contributed by atoms with E-state index in [4.69, 9.17) is 9.47 Å². The van der Waals surface area contributed by atoms with Gasteiger partial charge >= 0.3 is 6.03 Å². The molecule has 0 aliphatic heterocycles. The fourth-order valence-corrected chi connectivity index (χ4v) is 4.53. The van der Waals surface area contributed by atoms with Gasteiger partial charge in [-0.15, -0.1) is 11.3 Å². The zero-order chi connectivity index (χ0) is 25.9. The number of thiophene rings is 1. The van der Waals surface area contributed by atoms with Gasteiger partial charge in [-0.2, -0.15) is 0 Å². The van der Waals surface area contributed by atoms with E-state index in [1.165, 1.54) is 0 Å². The summed E-state index contributed by atoms with van der Waals surface area (Å²) in [5.41, 5.74) is 2.87. The van der Waals surface area contributed by atoms with Crippen molar-refractivity contribution in [3.8, 4) is 11.5 Å². The van der Waals surface area contributed by atoms with Crippen molar-refractivity contribution in [3.63, 3.8) is 0 Å². The van der Waals surface area contributed by atoms with Crippen LogP contribution in [0.25, 0.3) is 0 Å². The molecule has 1 N–H and O–H groups in total. The highest BCUT2D eigenvalue weighted by Gasteiger charge is 2.22.